The Labute approximate surface area is 130 Å². The van der Waals surface area contributed by atoms with Crippen LogP contribution in [0.4, 0.5) is 0 Å². The molecule has 1 heteroatoms. The van der Waals surface area contributed by atoms with E-state index in [4.69, 9.17) is 0 Å². The lowest BCUT2D eigenvalue weighted by atomic mass is 9.49. The molecule has 5 atom stereocenters. The first-order valence-electron chi connectivity index (χ1n) is 9.42. The van der Waals surface area contributed by atoms with Crippen LogP contribution in [0, 0.1) is 28.6 Å². The van der Waals surface area contributed by atoms with Crippen LogP contribution in [0.3, 0.4) is 0 Å². The highest BCUT2D eigenvalue weighted by molar-refractivity contribution is 5.33. The standard InChI is InChI=1S/C20H32O/c1-19(13-21)12-10-16-15-7-6-14-5-3-4-11-20(14,2)18(15)9-8-17(16)19/h14-15,18,21H,3-13H2,1-2H3/t14?,15-,18-,19-,20-/m0/s1. The predicted molar refractivity (Wildman–Crippen MR) is 87.0 cm³/mol. The van der Waals surface area contributed by atoms with Crippen LogP contribution in [0.25, 0.3) is 0 Å². The molecule has 21 heavy (non-hydrogen) atoms. The van der Waals surface area contributed by atoms with Crippen molar-refractivity contribution in [3.63, 3.8) is 0 Å². The van der Waals surface area contributed by atoms with E-state index in [1.54, 1.807) is 5.57 Å². The minimum Gasteiger partial charge on any atom is -0.395 e. The Morgan fingerprint density at radius 1 is 1.00 bits per heavy atom. The Balaban J connectivity index is 1.68. The fraction of sp³-hybridized carbons (Fsp3) is 0.900. The van der Waals surface area contributed by atoms with Gasteiger partial charge in [0.1, 0.15) is 0 Å². The molecular formula is C20H32O. The number of fused-ring (bicyclic) bond motifs is 4. The number of hydrogen-bond donors (Lipinski definition) is 1. The summed E-state index contributed by atoms with van der Waals surface area (Å²) in [6, 6.07) is 0. The summed E-state index contributed by atoms with van der Waals surface area (Å²) in [5.41, 5.74) is 4.26. The summed E-state index contributed by atoms with van der Waals surface area (Å²) in [6.45, 7) is 5.31. The van der Waals surface area contributed by atoms with Crippen molar-refractivity contribution in [2.75, 3.05) is 6.61 Å². The van der Waals surface area contributed by atoms with Gasteiger partial charge in [0.15, 0.2) is 0 Å². The molecule has 0 aromatic heterocycles. The average molecular weight is 288 g/mol. The summed E-state index contributed by atoms with van der Waals surface area (Å²) < 4.78 is 0. The molecule has 0 aromatic rings. The van der Waals surface area contributed by atoms with Crippen molar-refractivity contribution >= 4 is 0 Å². The fourth-order valence-electron chi connectivity index (χ4n) is 6.83. The Hall–Kier alpha value is -0.300. The van der Waals surface area contributed by atoms with Gasteiger partial charge < -0.3 is 5.11 Å². The topological polar surface area (TPSA) is 20.2 Å². The summed E-state index contributed by atoms with van der Waals surface area (Å²) in [5, 5.41) is 9.86. The van der Waals surface area contributed by atoms with E-state index in [9.17, 15) is 5.11 Å². The first-order valence-corrected chi connectivity index (χ1v) is 9.42. The number of aliphatic hydroxyl groups excluding tert-OH is 1. The minimum absolute atomic E-state index is 0.130. The monoisotopic (exact) mass is 288 g/mol. The van der Waals surface area contributed by atoms with Crippen molar-refractivity contribution in [2.45, 2.75) is 78.1 Å². The van der Waals surface area contributed by atoms with E-state index in [2.05, 4.69) is 13.8 Å². The molecule has 0 aromatic carbocycles. The van der Waals surface area contributed by atoms with Crippen LogP contribution in [0.5, 0.6) is 0 Å². The van der Waals surface area contributed by atoms with Crippen molar-refractivity contribution in [2.24, 2.45) is 28.6 Å². The zero-order valence-electron chi connectivity index (χ0n) is 14.0. The number of allylic oxidation sites excluding steroid dienone is 1. The van der Waals surface area contributed by atoms with Gasteiger partial charge in [-0.1, -0.05) is 37.8 Å². The van der Waals surface area contributed by atoms with Crippen molar-refractivity contribution in [3.05, 3.63) is 11.1 Å². The molecule has 2 fully saturated rings. The van der Waals surface area contributed by atoms with E-state index in [1.165, 1.54) is 64.2 Å². The number of hydrogen-bond acceptors (Lipinski definition) is 1. The highest BCUT2D eigenvalue weighted by Crippen LogP contribution is 2.63. The van der Waals surface area contributed by atoms with Gasteiger partial charge in [0.25, 0.3) is 0 Å². The second-order valence-corrected chi connectivity index (χ2v) is 9.00. The van der Waals surface area contributed by atoms with Crippen LogP contribution < -0.4 is 0 Å². The van der Waals surface area contributed by atoms with E-state index < -0.39 is 0 Å². The van der Waals surface area contributed by atoms with E-state index in [0.717, 1.165) is 17.8 Å². The summed E-state index contributed by atoms with van der Waals surface area (Å²) in [5.74, 6) is 2.85. The Morgan fingerprint density at radius 2 is 1.86 bits per heavy atom. The lowest BCUT2D eigenvalue weighted by Gasteiger charge is -2.56. The van der Waals surface area contributed by atoms with Crippen LogP contribution in [-0.4, -0.2) is 11.7 Å². The molecule has 1 nitrogen and oxygen atoms in total. The summed E-state index contributed by atoms with van der Waals surface area (Å²) in [7, 11) is 0. The lowest BCUT2D eigenvalue weighted by Crippen LogP contribution is -2.47. The zero-order valence-corrected chi connectivity index (χ0v) is 14.0. The Kier molecular flexibility index (Phi) is 3.30. The molecule has 0 radical (unpaired) electrons. The molecule has 0 bridgehead atoms. The molecule has 0 amide bonds. The van der Waals surface area contributed by atoms with E-state index in [-0.39, 0.29) is 5.41 Å². The molecule has 1 N–H and O–H groups in total. The van der Waals surface area contributed by atoms with Gasteiger partial charge in [-0.25, -0.2) is 0 Å². The average Bonchev–Trinajstić information content (AvgIpc) is 2.85. The van der Waals surface area contributed by atoms with Gasteiger partial charge in [0, 0.05) is 5.41 Å². The molecule has 4 rings (SSSR count). The third-order valence-corrected chi connectivity index (χ3v) is 8.17. The first kappa shape index (κ1) is 14.3. The van der Waals surface area contributed by atoms with Gasteiger partial charge in [-0.15, -0.1) is 0 Å². The maximum Gasteiger partial charge on any atom is 0.0522 e. The fourth-order valence-corrected chi connectivity index (χ4v) is 6.83. The van der Waals surface area contributed by atoms with Gasteiger partial charge in [-0.05, 0) is 74.5 Å². The number of aliphatic hydroxyl groups is 1. The quantitative estimate of drug-likeness (QED) is 0.666. The molecular weight excluding hydrogens is 256 g/mol. The highest BCUT2D eigenvalue weighted by atomic mass is 16.3. The molecule has 4 aliphatic rings. The molecule has 118 valence electrons. The van der Waals surface area contributed by atoms with Crippen molar-refractivity contribution in [1.82, 2.24) is 0 Å². The van der Waals surface area contributed by atoms with Crippen molar-refractivity contribution < 1.29 is 5.11 Å². The molecule has 1 unspecified atom stereocenters. The van der Waals surface area contributed by atoms with Crippen LogP contribution in [-0.2, 0) is 0 Å². The van der Waals surface area contributed by atoms with E-state index in [1.807, 2.05) is 5.57 Å². The maximum atomic E-state index is 9.86. The second kappa shape index (κ2) is 4.85. The van der Waals surface area contributed by atoms with Gasteiger partial charge in [-0.3, -0.25) is 0 Å². The van der Waals surface area contributed by atoms with Crippen molar-refractivity contribution in [3.8, 4) is 0 Å². The normalized spacial score (nSPS) is 49.6. The van der Waals surface area contributed by atoms with Gasteiger partial charge in [-0.2, -0.15) is 0 Å². The molecule has 0 saturated heterocycles. The summed E-state index contributed by atoms with van der Waals surface area (Å²) in [6.07, 6.45) is 14.0. The summed E-state index contributed by atoms with van der Waals surface area (Å²) >= 11 is 0. The van der Waals surface area contributed by atoms with E-state index >= 15 is 0 Å². The molecule has 0 spiro atoms. The van der Waals surface area contributed by atoms with Crippen molar-refractivity contribution in [1.29, 1.82) is 0 Å². The largest absolute Gasteiger partial charge is 0.395 e. The van der Waals surface area contributed by atoms with Crippen LogP contribution in [0.1, 0.15) is 78.1 Å². The molecule has 2 saturated carbocycles. The van der Waals surface area contributed by atoms with Crippen LogP contribution >= 0.6 is 0 Å². The van der Waals surface area contributed by atoms with Crippen LogP contribution in [0.15, 0.2) is 11.1 Å². The second-order valence-electron chi connectivity index (χ2n) is 9.00. The Bertz CT molecular complexity index is 464. The van der Waals surface area contributed by atoms with Crippen LogP contribution in [0.2, 0.25) is 0 Å². The third-order valence-electron chi connectivity index (χ3n) is 8.17. The van der Waals surface area contributed by atoms with E-state index in [0.29, 0.717) is 12.0 Å². The van der Waals surface area contributed by atoms with Gasteiger partial charge in [0.05, 0.1) is 6.61 Å². The predicted octanol–water partition coefficient (Wildman–Crippen LogP) is 5.09. The molecule has 0 aliphatic heterocycles. The van der Waals surface area contributed by atoms with Gasteiger partial charge in [0.2, 0.25) is 0 Å². The molecule has 0 heterocycles. The third kappa shape index (κ3) is 1.92. The first-order chi connectivity index (χ1) is 10.1. The smallest absolute Gasteiger partial charge is 0.0522 e. The minimum atomic E-state index is 0.130. The van der Waals surface area contributed by atoms with Gasteiger partial charge >= 0.3 is 0 Å². The number of rotatable bonds is 1. The highest BCUT2D eigenvalue weighted by Gasteiger charge is 2.53. The lowest BCUT2D eigenvalue weighted by molar-refractivity contribution is -0.0334. The SMILES string of the molecule is C[C@@]1(CO)CCC2=C1CC[C@H]1[C@H]2CCC2CCCC[C@@]21C. The summed E-state index contributed by atoms with van der Waals surface area (Å²) in [4.78, 5) is 0. The maximum absolute atomic E-state index is 9.86. The molecule has 4 aliphatic carbocycles. The Morgan fingerprint density at radius 3 is 2.67 bits per heavy atom. The zero-order chi connectivity index (χ0) is 14.7.